The molecule has 1 saturated heterocycles. The molecule has 98 valence electrons. The number of nitrogens with zero attached hydrogens (tertiary/aromatic N) is 3. The quantitative estimate of drug-likeness (QED) is 0.770. The zero-order chi connectivity index (χ0) is 12.8. The van der Waals surface area contributed by atoms with E-state index in [0.29, 0.717) is 19.6 Å². The van der Waals surface area contributed by atoms with Gasteiger partial charge in [-0.05, 0) is 12.8 Å². The van der Waals surface area contributed by atoms with Crippen LogP contribution in [0.3, 0.4) is 0 Å². The van der Waals surface area contributed by atoms with E-state index in [1.807, 2.05) is 0 Å². The van der Waals surface area contributed by atoms with Crippen molar-refractivity contribution in [2.24, 2.45) is 11.7 Å². The highest BCUT2D eigenvalue weighted by molar-refractivity contribution is 5.79. The van der Waals surface area contributed by atoms with Crippen molar-refractivity contribution < 1.29 is 4.79 Å². The van der Waals surface area contributed by atoms with Gasteiger partial charge in [0.1, 0.15) is 5.82 Å². The van der Waals surface area contributed by atoms with Crippen molar-refractivity contribution in [2.75, 3.05) is 31.1 Å². The number of nitrogens with two attached hydrogens (primary N) is 1. The molecule has 1 aliphatic heterocycles. The summed E-state index contributed by atoms with van der Waals surface area (Å²) in [5.74, 6) is 0.954. The lowest BCUT2D eigenvalue weighted by Crippen LogP contribution is -2.44. The molecule has 1 aliphatic rings. The molecule has 1 amide bonds. The molecule has 1 unspecified atom stereocenters. The summed E-state index contributed by atoms with van der Waals surface area (Å²) in [7, 11) is 0. The van der Waals surface area contributed by atoms with Gasteiger partial charge < -0.3 is 16.0 Å². The van der Waals surface area contributed by atoms with Crippen molar-refractivity contribution in [2.45, 2.75) is 12.8 Å². The van der Waals surface area contributed by atoms with E-state index in [0.717, 1.165) is 25.2 Å². The van der Waals surface area contributed by atoms with Gasteiger partial charge in [0.15, 0.2) is 0 Å². The lowest BCUT2D eigenvalue weighted by atomic mass is 9.97. The summed E-state index contributed by atoms with van der Waals surface area (Å²) < 4.78 is 0. The number of nitrogens with one attached hydrogen (secondary N) is 1. The van der Waals surface area contributed by atoms with E-state index >= 15 is 0 Å². The highest BCUT2D eigenvalue weighted by atomic mass is 16.1. The largest absolute Gasteiger partial charge is 0.355 e. The maximum Gasteiger partial charge on any atom is 0.224 e. The normalized spacial score (nSPS) is 19.6. The maximum absolute atomic E-state index is 11.9. The molecule has 0 aliphatic carbocycles. The van der Waals surface area contributed by atoms with Gasteiger partial charge in [0.2, 0.25) is 5.91 Å². The number of carbonyl (C=O) groups is 1. The van der Waals surface area contributed by atoms with E-state index in [-0.39, 0.29) is 11.8 Å². The molecule has 1 atom stereocenters. The lowest BCUT2D eigenvalue weighted by Gasteiger charge is -2.32. The molecule has 0 spiro atoms. The summed E-state index contributed by atoms with van der Waals surface area (Å²) in [6.07, 6.45) is 6.98. The molecule has 18 heavy (non-hydrogen) atoms. The zero-order valence-corrected chi connectivity index (χ0v) is 10.4. The van der Waals surface area contributed by atoms with Gasteiger partial charge in [-0.2, -0.15) is 0 Å². The second-order valence-corrected chi connectivity index (χ2v) is 4.43. The highest BCUT2D eigenvalue weighted by Crippen LogP contribution is 2.20. The third kappa shape index (κ3) is 3.16. The summed E-state index contributed by atoms with van der Waals surface area (Å²) in [6.45, 7) is 2.65. The summed E-state index contributed by atoms with van der Waals surface area (Å²) >= 11 is 0. The van der Waals surface area contributed by atoms with Gasteiger partial charge in [-0.3, -0.25) is 9.78 Å². The van der Waals surface area contributed by atoms with Crippen molar-refractivity contribution in [1.29, 1.82) is 0 Å². The van der Waals surface area contributed by atoms with Crippen LogP contribution in [0.1, 0.15) is 12.8 Å². The van der Waals surface area contributed by atoms with Crippen LogP contribution in [0.5, 0.6) is 0 Å². The molecule has 1 fully saturated rings. The molecule has 1 aromatic heterocycles. The van der Waals surface area contributed by atoms with E-state index in [2.05, 4.69) is 20.2 Å². The Bertz CT molecular complexity index is 383. The number of amides is 1. The Kier molecular flexibility index (Phi) is 4.46. The van der Waals surface area contributed by atoms with Crippen molar-refractivity contribution in [3.05, 3.63) is 18.6 Å². The van der Waals surface area contributed by atoms with Crippen LogP contribution in [-0.2, 0) is 4.79 Å². The Morgan fingerprint density at radius 3 is 3.17 bits per heavy atom. The molecule has 1 aromatic rings. The minimum absolute atomic E-state index is 0.0207. The highest BCUT2D eigenvalue weighted by Gasteiger charge is 2.26. The van der Waals surface area contributed by atoms with Crippen LogP contribution in [0.4, 0.5) is 5.82 Å². The van der Waals surface area contributed by atoms with Crippen molar-refractivity contribution in [1.82, 2.24) is 15.3 Å². The van der Waals surface area contributed by atoms with Crippen LogP contribution in [0.25, 0.3) is 0 Å². The van der Waals surface area contributed by atoms with Gasteiger partial charge in [-0.1, -0.05) is 0 Å². The molecule has 0 aromatic carbocycles. The van der Waals surface area contributed by atoms with Gasteiger partial charge in [0.05, 0.1) is 12.1 Å². The third-order valence-corrected chi connectivity index (χ3v) is 3.11. The first-order valence-electron chi connectivity index (χ1n) is 6.30. The van der Waals surface area contributed by atoms with Crippen LogP contribution in [0.2, 0.25) is 0 Å². The van der Waals surface area contributed by atoms with Gasteiger partial charge in [-0.25, -0.2) is 4.98 Å². The molecule has 3 N–H and O–H groups in total. The Balaban J connectivity index is 1.94. The zero-order valence-electron chi connectivity index (χ0n) is 10.4. The van der Waals surface area contributed by atoms with Gasteiger partial charge in [-0.15, -0.1) is 0 Å². The van der Waals surface area contributed by atoms with E-state index in [1.54, 1.807) is 18.6 Å². The second-order valence-electron chi connectivity index (χ2n) is 4.43. The number of piperidine rings is 1. The predicted molar refractivity (Wildman–Crippen MR) is 69.0 cm³/mol. The first-order valence-corrected chi connectivity index (χ1v) is 6.30. The Labute approximate surface area is 107 Å². The average Bonchev–Trinajstić information content (AvgIpc) is 2.46. The number of carbonyl (C=O) groups excluding carboxylic acids is 1. The molecule has 6 heteroatoms. The fourth-order valence-corrected chi connectivity index (χ4v) is 2.19. The molecule has 0 radical (unpaired) electrons. The predicted octanol–water partition coefficient (Wildman–Crippen LogP) is -0.232. The Morgan fingerprint density at radius 2 is 2.44 bits per heavy atom. The van der Waals surface area contributed by atoms with E-state index in [1.165, 1.54) is 0 Å². The number of aromatic nitrogens is 2. The number of rotatable bonds is 4. The molecular weight excluding hydrogens is 230 g/mol. The van der Waals surface area contributed by atoms with Crippen molar-refractivity contribution in [3.63, 3.8) is 0 Å². The van der Waals surface area contributed by atoms with Gasteiger partial charge in [0.25, 0.3) is 0 Å². The summed E-state index contributed by atoms with van der Waals surface area (Å²) in [5, 5.41) is 2.85. The maximum atomic E-state index is 11.9. The van der Waals surface area contributed by atoms with Crippen molar-refractivity contribution >= 4 is 11.7 Å². The van der Waals surface area contributed by atoms with Gasteiger partial charge in [0, 0.05) is 38.6 Å². The van der Waals surface area contributed by atoms with E-state index in [9.17, 15) is 4.79 Å². The molecular formula is C12H19N5O. The smallest absolute Gasteiger partial charge is 0.224 e. The lowest BCUT2D eigenvalue weighted by molar-refractivity contribution is -0.125. The topological polar surface area (TPSA) is 84.1 Å². The summed E-state index contributed by atoms with van der Waals surface area (Å²) in [4.78, 5) is 22.3. The van der Waals surface area contributed by atoms with Gasteiger partial charge >= 0.3 is 0 Å². The van der Waals surface area contributed by atoms with E-state index in [4.69, 9.17) is 5.73 Å². The number of anilines is 1. The molecule has 0 bridgehead atoms. The fourth-order valence-electron chi connectivity index (χ4n) is 2.19. The van der Waals surface area contributed by atoms with Crippen LogP contribution in [0, 0.1) is 5.92 Å². The first-order chi connectivity index (χ1) is 8.81. The van der Waals surface area contributed by atoms with Crippen LogP contribution in [0.15, 0.2) is 18.6 Å². The van der Waals surface area contributed by atoms with Crippen LogP contribution in [-0.4, -0.2) is 42.1 Å². The Morgan fingerprint density at radius 1 is 1.56 bits per heavy atom. The van der Waals surface area contributed by atoms with E-state index < -0.39 is 0 Å². The third-order valence-electron chi connectivity index (χ3n) is 3.11. The number of hydrogen-bond donors (Lipinski definition) is 2. The molecule has 2 rings (SSSR count). The minimum Gasteiger partial charge on any atom is -0.355 e. The molecule has 6 nitrogen and oxygen atoms in total. The van der Waals surface area contributed by atoms with Crippen molar-refractivity contribution in [3.8, 4) is 0 Å². The number of hydrogen-bond acceptors (Lipinski definition) is 5. The van der Waals surface area contributed by atoms with Crippen LogP contribution < -0.4 is 16.0 Å². The SMILES string of the molecule is NCCNC(=O)C1CCCN(c2cnccn2)C1. The fraction of sp³-hybridized carbons (Fsp3) is 0.583. The minimum atomic E-state index is 0.0207. The second kappa shape index (κ2) is 6.30. The molecule has 0 saturated carbocycles. The monoisotopic (exact) mass is 249 g/mol. The standard InChI is InChI=1S/C12H19N5O/c13-3-4-16-12(18)10-2-1-7-17(9-10)11-8-14-5-6-15-11/h5-6,8,10H,1-4,7,9,13H2,(H,16,18). The summed E-state index contributed by atoms with van der Waals surface area (Å²) in [5.41, 5.74) is 5.38. The average molecular weight is 249 g/mol. The summed E-state index contributed by atoms with van der Waals surface area (Å²) in [6, 6.07) is 0. The Hall–Kier alpha value is -1.69. The molecule has 2 heterocycles. The van der Waals surface area contributed by atoms with Crippen LogP contribution >= 0.6 is 0 Å². The first kappa shape index (κ1) is 12.8.